The Labute approximate surface area is 127 Å². The first-order valence-corrected chi connectivity index (χ1v) is 6.17. The number of nitriles is 3. The molecule has 0 radical (unpaired) electrons. The first kappa shape index (κ1) is 14.6. The van der Waals surface area contributed by atoms with Crippen LogP contribution in [0.2, 0.25) is 0 Å². The van der Waals surface area contributed by atoms with Crippen molar-refractivity contribution < 1.29 is 4.74 Å². The largest absolute Gasteiger partial charge is 0.456 e. The average molecular weight is 287 g/mol. The highest BCUT2D eigenvalue weighted by atomic mass is 16.5. The van der Waals surface area contributed by atoms with Crippen LogP contribution in [0.5, 0.6) is 11.5 Å². The number of nitrogens with zero attached hydrogens (tertiary/aromatic N) is 4. The van der Waals surface area contributed by atoms with E-state index in [1.807, 2.05) is 0 Å². The molecule has 0 amide bonds. The molecule has 6 nitrogen and oxygen atoms in total. The summed E-state index contributed by atoms with van der Waals surface area (Å²) >= 11 is 0. The molecule has 0 bridgehead atoms. The van der Waals surface area contributed by atoms with Gasteiger partial charge in [-0.1, -0.05) is 12.1 Å². The Bertz CT molecular complexity index is 803. The SMILES string of the molecule is N#CC(C#N)=NNc1ccc(Oc2ccccc2C#N)cc1. The zero-order valence-corrected chi connectivity index (χ0v) is 11.3. The van der Waals surface area contributed by atoms with Gasteiger partial charge in [-0.05, 0) is 36.4 Å². The predicted octanol–water partition coefficient (Wildman–Crippen LogP) is 3.17. The summed E-state index contributed by atoms with van der Waals surface area (Å²) < 4.78 is 5.63. The van der Waals surface area contributed by atoms with Gasteiger partial charge in [-0.15, -0.1) is 0 Å². The number of ether oxygens (including phenoxy) is 1. The minimum Gasteiger partial charge on any atom is -0.456 e. The van der Waals surface area contributed by atoms with Crippen LogP contribution in [-0.2, 0) is 0 Å². The second-order valence-electron chi connectivity index (χ2n) is 4.03. The number of para-hydroxylation sites is 1. The molecule has 0 unspecified atom stereocenters. The van der Waals surface area contributed by atoms with Crippen molar-refractivity contribution in [3.8, 4) is 29.7 Å². The molecule has 0 aliphatic rings. The van der Waals surface area contributed by atoms with Crippen LogP contribution in [0.25, 0.3) is 0 Å². The van der Waals surface area contributed by atoms with Gasteiger partial charge in [0, 0.05) is 0 Å². The highest BCUT2D eigenvalue weighted by molar-refractivity contribution is 6.10. The number of anilines is 1. The first-order chi connectivity index (χ1) is 10.8. The fourth-order valence-corrected chi connectivity index (χ4v) is 1.57. The summed E-state index contributed by atoms with van der Waals surface area (Å²) in [5, 5.41) is 29.8. The summed E-state index contributed by atoms with van der Waals surface area (Å²) in [7, 11) is 0. The van der Waals surface area contributed by atoms with Crippen molar-refractivity contribution in [3.05, 3.63) is 54.1 Å². The zero-order valence-electron chi connectivity index (χ0n) is 11.3. The summed E-state index contributed by atoms with van der Waals surface area (Å²) in [6, 6.07) is 19.0. The lowest BCUT2D eigenvalue weighted by Crippen LogP contribution is -1.96. The molecule has 0 spiro atoms. The maximum absolute atomic E-state index is 9.00. The lowest BCUT2D eigenvalue weighted by molar-refractivity contribution is 0.481. The van der Waals surface area contributed by atoms with Crippen molar-refractivity contribution >= 4 is 11.4 Å². The molecule has 1 N–H and O–H groups in total. The van der Waals surface area contributed by atoms with Crippen LogP contribution < -0.4 is 10.2 Å². The van der Waals surface area contributed by atoms with Crippen molar-refractivity contribution in [2.24, 2.45) is 5.10 Å². The number of rotatable bonds is 4. The van der Waals surface area contributed by atoms with Crippen molar-refractivity contribution in [1.29, 1.82) is 15.8 Å². The van der Waals surface area contributed by atoms with Gasteiger partial charge in [-0.25, -0.2) is 0 Å². The maximum atomic E-state index is 9.00. The Morgan fingerprint density at radius 2 is 1.64 bits per heavy atom. The summed E-state index contributed by atoms with van der Waals surface area (Å²) in [5.74, 6) is 1.03. The summed E-state index contributed by atoms with van der Waals surface area (Å²) in [4.78, 5) is 0. The van der Waals surface area contributed by atoms with Gasteiger partial charge >= 0.3 is 0 Å². The van der Waals surface area contributed by atoms with Gasteiger partial charge in [0.25, 0.3) is 0 Å². The van der Waals surface area contributed by atoms with Crippen LogP contribution in [-0.4, -0.2) is 5.71 Å². The molecule has 0 atom stereocenters. The van der Waals surface area contributed by atoms with Gasteiger partial charge in [-0.3, -0.25) is 5.43 Å². The highest BCUT2D eigenvalue weighted by Gasteiger charge is 2.03. The Kier molecular flexibility index (Phi) is 4.70. The number of hydrazone groups is 1. The van der Waals surface area contributed by atoms with Gasteiger partial charge in [0.05, 0.1) is 11.3 Å². The van der Waals surface area contributed by atoms with E-state index in [1.54, 1.807) is 60.7 Å². The molecule has 104 valence electrons. The van der Waals surface area contributed by atoms with Crippen LogP contribution >= 0.6 is 0 Å². The summed E-state index contributed by atoms with van der Waals surface area (Å²) in [5.41, 5.74) is 3.38. The van der Waals surface area contributed by atoms with Gasteiger partial charge < -0.3 is 4.74 Å². The molecule has 22 heavy (non-hydrogen) atoms. The smallest absolute Gasteiger partial charge is 0.237 e. The molecule has 0 fully saturated rings. The van der Waals surface area contributed by atoms with E-state index < -0.39 is 0 Å². The minimum atomic E-state index is -0.261. The number of benzene rings is 2. The standard InChI is InChI=1S/C16H9N5O/c17-9-12-3-1-2-4-16(12)22-15-7-5-13(6-8-15)20-21-14(10-18)11-19/h1-8,20H. The monoisotopic (exact) mass is 287 g/mol. The van der Waals surface area contributed by atoms with E-state index in [0.29, 0.717) is 22.7 Å². The molecule has 2 rings (SSSR count). The normalized spacial score (nSPS) is 8.77. The van der Waals surface area contributed by atoms with E-state index >= 15 is 0 Å². The highest BCUT2D eigenvalue weighted by Crippen LogP contribution is 2.25. The third-order valence-corrected chi connectivity index (χ3v) is 2.60. The number of nitrogens with one attached hydrogen (secondary N) is 1. The molecule has 0 aliphatic heterocycles. The molecule has 2 aromatic rings. The molecule has 0 saturated heterocycles. The van der Waals surface area contributed by atoms with Gasteiger partial charge in [0.2, 0.25) is 5.71 Å². The van der Waals surface area contributed by atoms with Crippen molar-refractivity contribution in [2.45, 2.75) is 0 Å². The first-order valence-electron chi connectivity index (χ1n) is 6.17. The Morgan fingerprint density at radius 3 is 2.27 bits per heavy atom. The summed E-state index contributed by atoms with van der Waals surface area (Å²) in [6.45, 7) is 0. The number of hydrogen-bond acceptors (Lipinski definition) is 6. The fourth-order valence-electron chi connectivity index (χ4n) is 1.57. The molecule has 0 aromatic heterocycles. The Balaban J connectivity index is 2.10. The quantitative estimate of drug-likeness (QED) is 0.686. The van der Waals surface area contributed by atoms with Crippen LogP contribution in [0, 0.1) is 34.0 Å². The third kappa shape index (κ3) is 3.60. The fraction of sp³-hybridized carbons (Fsp3) is 0. The molecular weight excluding hydrogens is 278 g/mol. The van der Waals surface area contributed by atoms with E-state index in [4.69, 9.17) is 20.5 Å². The van der Waals surface area contributed by atoms with Crippen LogP contribution in [0.1, 0.15) is 5.56 Å². The average Bonchev–Trinajstić information content (AvgIpc) is 2.58. The van der Waals surface area contributed by atoms with E-state index in [1.165, 1.54) is 0 Å². The van der Waals surface area contributed by atoms with Gasteiger partial charge in [0.1, 0.15) is 29.7 Å². The lowest BCUT2D eigenvalue weighted by Gasteiger charge is -2.07. The lowest BCUT2D eigenvalue weighted by atomic mass is 10.2. The van der Waals surface area contributed by atoms with E-state index in [2.05, 4.69) is 16.6 Å². The van der Waals surface area contributed by atoms with Crippen molar-refractivity contribution in [2.75, 3.05) is 5.43 Å². The van der Waals surface area contributed by atoms with Gasteiger partial charge in [0.15, 0.2) is 0 Å². The molecule has 0 heterocycles. The zero-order chi connectivity index (χ0) is 15.8. The second kappa shape index (κ2) is 7.09. The van der Waals surface area contributed by atoms with E-state index in [9.17, 15) is 0 Å². The summed E-state index contributed by atoms with van der Waals surface area (Å²) in [6.07, 6.45) is 0. The second-order valence-corrected chi connectivity index (χ2v) is 4.03. The van der Waals surface area contributed by atoms with Crippen LogP contribution in [0.3, 0.4) is 0 Å². The van der Waals surface area contributed by atoms with E-state index in [0.717, 1.165) is 0 Å². The predicted molar refractivity (Wildman–Crippen MR) is 80.0 cm³/mol. The third-order valence-electron chi connectivity index (χ3n) is 2.60. The van der Waals surface area contributed by atoms with E-state index in [-0.39, 0.29) is 5.71 Å². The van der Waals surface area contributed by atoms with Crippen LogP contribution in [0.4, 0.5) is 5.69 Å². The van der Waals surface area contributed by atoms with Crippen LogP contribution in [0.15, 0.2) is 53.6 Å². The van der Waals surface area contributed by atoms with Gasteiger partial charge in [-0.2, -0.15) is 20.9 Å². The minimum absolute atomic E-state index is 0.261. The topological polar surface area (TPSA) is 105 Å². The van der Waals surface area contributed by atoms with Crippen molar-refractivity contribution in [3.63, 3.8) is 0 Å². The molecule has 6 heteroatoms. The number of hydrogen-bond donors (Lipinski definition) is 1. The molecular formula is C16H9N5O. The molecule has 0 aliphatic carbocycles. The maximum Gasteiger partial charge on any atom is 0.237 e. The molecule has 0 saturated carbocycles. The van der Waals surface area contributed by atoms with Crippen molar-refractivity contribution in [1.82, 2.24) is 0 Å². The Hall–Kier alpha value is -3.82. The molecule has 2 aromatic carbocycles. The Morgan fingerprint density at radius 1 is 0.955 bits per heavy atom.